The van der Waals surface area contributed by atoms with Crippen molar-refractivity contribution in [1.29, 1.82) is 0 Å². The lowest BCUT2D eigenvalue weighted by Crippen LogP contribution is -2.37. The van der Waals surface area contributed by atoms with Crippen LogP contribution in [0.2, 0.25) is 4.34 Å². The van der Waals surface area contributed by atoms with Crippen molar-refractivity contribution in [3.8, 4) is 0 Å². The van der Waals surface area contributed by atoms with E-state index >= 15 is 0 Å². The van der Waals surface area contributed by atoms with E-state index in [4.69, 9.17) is 16.7 Å². The number of likely N-dealkylation sites (tertiary alicyclic amines) is 1. The fourth-order valence-corrected chi connectivity index (χ4v) is 3.26. The molecule has 0 aromatic carbocycles. The largest absolute Gasteiger partial charge is 0.481 e. The molecule has 1 aliphatic heterocycles. The van der Waals surface area contributed by atoms with Gasteiger partial charge in [-0.15, -0.1) is 11.3 Å². The molecular weight excluding hydrogens is 286 g/mol. The van der Waals surface area contributed by atoms with Crippen molar-refractivity contribution in [1.82, 2.24) is 4.90 Å². The van der Waals surface area contributed by atoms with E-state index in [1.54, 1.807) is 12.1 Å². The van der Waals surface area contributed by atoms with E-state index in [2.05, 4.69) is 4.90 Å². The van der Waals surface area contributed by atoms with Gasteiger partial charge in [-0.3, -0.25) is 9.59 Å². The first-order chi connectivity index (χ1) is 9.06. The average Bonchev–Trinajstić information content (AvgIpc) is 2.83. The van der Waals surface area contributed by atoms with Gasteiger partial charge < -0.3 is 10.0 Å². The summed E-state index contributed by atoms with van der Waals surface area (Å²) >= 11 is 7.11. The molecule has 1 aromatic heterocycles. The van der Waals surface area contributed by atoms with E-state index in [1.807, 2.05) is 0 Å². The molecule has 0 amide bonds. The normalized spacial score (nSPS) is 17.5. The third-order valence-electron chi connectivity index (χ3n) is 3.44. The van der Waals surface area contributed by atoms with Gasteiger partial charge in [0.05, 0.1) is 15.1 Å². The van der Waals surface area contributed by atoms with Gasteiger partial charge in [-0.1, -0.05) is 11.6 Å². The summed E-state index contributed by atoms with van der Waals surface area (Å²) in [6, 6.07) is 3.49. The van der Waals surface area contributed by atoms with Gasteiger partial charge in [0, 0.05) is 13.0 Å². The highest BCUT2D eigenvalue weighted by atomic mass is 35.5. The molecule has 4 nitrogen and oxygen atoms in total. The lowest BCUT2D eigenvalue weighted by Gasteiger charge is -2.29. The Bertz CT molecular complexity index is 466. The second-order valence-electron chi connectivity index (χ2n) is 4.73. The summed E-state index contributed by atoms with van der Waals surface area (Å²) in [5.74, 6) is -0.815. The number of carbonyl (C=O) groups excluding carboxylic acids is 1. The second kappa shape index (κ2) is 6.50. The predicted octanol–water partition coefficient (Wildman–Crippen LogP) is 2.77. The fourth-order valence-electron chi connectivity index (χ4n) is 2.25. The van der Waals surface area contributed by atoms with Crippen molar-refractivity contribution in [3.63, 3.8) is 0 Å². The van der Waals surface area contributed by atoms with E-state index < -0.39 is 5.97 Å². The summed E-state index contributed by atoms with van der Waals surface area (Å²) in [7, 11) is 0. The van der Waals surface area contributed by atoms with Crippen LogP contribution in [0, 0.1) is 5.92 Å². The number of thiophene rings is 1. The highest BCUT2D eigenvalue weighted by Gasteiger charge is 2.24. The van der Waals surface area contributed by atoms with Crippen molar-refractivity contribution in [2.75, 3.05) is 19.6 Å². The number of rotatable bonds is 5. The van der Waals surface area contributed by atoms with Gasteiger partial charge in [-0.05, 0) is 38.1 Å². The molecule has 6 heteroatoms. The first-order valence-electron chi connectivity index (χ1n) is 6.30. The van der Waals surface area contributed by atoms with E-state index in [0.29, 0.717) is 35.0 Å². The molecule has 1 fully saturated rings. The molecule has 1 aliphatic rings. The number of aliphatic carboxylic acids is 1. The molecule has 1 saturated heterocycles. The molecule has 0 radical (unpaired) electrons. The van der Waals surface area contributed by atoms with Crippen molar-refractivity contribution in [2.24, 2.45) is 5.92 Å². The second-order valence-corrected chi connectivity index (χ2v) is 6.45. The number of carboxylic acids is 1. The topological polar surface area (TPSA) is 57.6 Å². The standard InChI is InChI=1S/C13H16ClNO3S/c14-12-2-1-11(19-12)10(16)5-8-15-6-3-9(4-7-15)13(17)18/h1-2,9H,3-8H2,(H,17,18). The number of ketones is 1. The quantitative estimate of drug-likeness (QED) is 0.850. The molecule has 1 N–H and O–H groups in total. The summed E-state index contributed by atoms with van der Waals surface area (Å²) in [6.07, 6.45) is 1.82. The van der Waals surface area contributed by atoms with E-state index in [1.165, 1.54) is 11.3 Å². The van der Waals surface area contributed by atoms with Crippen LogP contribution in [0.15, 0.2) is 12.1 Å². The van der Waals surface area contributed by atoms with Gasteiger partial charge in [-0.2, -0.15) is 0 Å². The molecule has 104 valence electrons. The Kier molecular flexibility index (Phi) is 4.96. The molecular formula is C13H16ClNO3S. The zero-order chi connectivity index (χ0) is 13.8. The van der Waals surface area contributed by atoms with Crippen LogP contribution in [-0.2, 0) is 4.79 Å². The summed E-state index contributed by atoms with van der Waals surface area (Å²) < 4.78 is 0.630. The SMILES string of the molecule is O=C(CCN1CCC(C(=O)O)CC1)c1ccc(Cl)s1. The lowest BCUT2D eigenvalue weighted by molar-refractivity contribution is -0.143. The number of carboxylic acid groups (broad SMARTS) is 1. The molecule has 0 spiro atoms. The zero-order valence-electron chi connectivity index (χ0n) is 10.5. The van der Waals surface area contributed by atoms with Crippen molar-refractivity contribution in [3.05, 3.63) is 21.3 Å². The maximum absolute atomic E-state index is 11.9. The number of piperidine rings is 1. The minimum Gasteiger partial charge on any atom is -0.481 e. The first-order valence-corrected chi connectivity index (χ1v) is 7.49. The third-order valence-corrected chi connectivity index (χ3v) is 4.71. The minimum absolute atomic E-state index is 0.109. The zero-order valence-corrected chi connectivity index (χ0v) is 12.0. The molecule has 0 bridgehead atoms. The molecule has 0 saturated carbocycles. The minimum atomic E-state index is -0.705. The number of nitrogens with zero attached hydrogens (tertiary/aromatic N) is 1. The molecule has 19 heavy (non-hydrogen) atoms. The van der Waals surface area contributed by atoms with Gasteiger partial charge in [0.25, 0.3) is 0 Å². The van der Waals surface area contributed by atoms with E-state index in [9.17, 15) is 9.59 Å². The van der Waals surface area contributed by atoms with Crippen LogP contribution < -0.4 is 0 Å². The molecule has 2 heterocycles. The van der Waals surface area contributed by atoms with Crippen LogP contribution in [0.4, 0.5) is 0 Å². The van der Waals surface area contributed by atoms with Crippen LogP contribution in [0.5, 0.6) is 0 Å². The molecule has 1 aromatic rings. The van der Waals surface area contributed by atoms with Gasteiger partial charge in [0.15, 0.2) is 5.78 Å². The van der Waals surface area contributed by atoms with Crippen LogP contribution in [0.25, 0.3) is 0 Å². The summed E-state index contributed by atoms with van der Waals surface area (Å²) in [5, 5.41) is 8.91. The Hall–Kier alpha value is -0.910. The van der Waals surface area contributed by atoms with Crippen molar-refractivity contribution in [2.45, 2.75) is 19.3 Å². The highest BCUT2D eigenvalue weighted by molar-refractivity contribution is 7.18. The maximum atomic E-state index is 11.9. The van der Waals surface area contributed by atoms with E-state index in [0.717, 1.165) is 13.1 Å². The van der Waals surface area contributed by atoms with Crippen molar-refractivity contribution < 1.29 is 14.7 Å². The number of halogens is 1. The predicted molar refractivity (Wildman–Crippen MR) is 75.1 cm³/mol. The van der Waals surface area contributed by atoms with Crippen LogP contribution in [0.3, 0.4) is 0 Å². The Morgan fingerprint density at radius 2 is 2.05 bits per heavy atom. The van der Waals surface area contributed by atoms with Gasteiger partial charge in [-0.25, -0.2) is 0 Å². The number of Topliss-reactive ketones (excluding diaryl/α,β-unsaturated/α-hetero) is 1. The first kappa shape index (κ1) is 14.5. The van der Waals surface area contributed by atoms with Crippen LogP contribution in [-0.4, -0.2) is 41.4 Å². The molecule has 0 atom stereocenters. The maximum Gasteiger partial charge on any atom is 0.306 e. The number of carbonyl (C=O) groups is 2. The number of hydrogen-bond acceptors (Lipinski definition) is 4. The van der Waals surface area contributed by atoms with Gasteiger partial charge in [0.2, 0.25) is 0 Å². The Balaban J connectivity index is 1.75. The molecule has 2 rings (SSSR count). The molecule has 0 unspecified atom stereocenters. The van der Waals surface area contributed by atoms with Gasteiger partial charge in [0.1, 0.15) is 0 Å². The summed E-state index contributed by atoms with van der Waals surface area (Å²) in [6.45, 7) is 2.21. The summed E-state index contributed by atoms with van der Waals surface area (Å²) in [5.41, 5.74) is 0. The number of hydrogen-bond donors (Lipinski definition) is 1. The fraction of sp³-hybridized carbons (Fsp3) is 0.538. The van der Waals surface area contributed by atoms with E-state index in [-0.39, 0.29) is 11.7 Å². The average molecular weight is 302 g/mol. The lowest BCUT2D eigenvalue weighted by atomic mass is 9.97. The van der Waals surface area contributed by atoms with Crippen LogP contribution >= 0.6 is 22.9 Å². The molecule has 0 aliphatic carbocycles. The Morgan fingerprint density at radius 3 is 2.58 bits per heavy atom. The third kappa shape index (κ3) is 4.03. The highest BCUT2D eigenvalue weighted by Crippen LogP contribution is 2.23. The van der Waals surface area contributed by atoms with Crippen molar-refractivity contribution >= 4 is 34.7 Å². The summed E-state index contributed by atoms with van der Waals surface area (Å²) in [4.78, 5) is 25.6. The van der Waals surface area contributed by atoms with Gasteiger partial charge >= 0.3 is 5.97 Å². The monoisotopic (exact) mass is 301 g/mol. The van der Waals surface area contributed by atoms with Crippen LogP contribution in [0.1, 0.15) is 28.9 Å². The Labute approximate surface area is 121 Å². The Morgan fingerprint density at radius 1 is 1.37 bits per heavy atom. The smallest absolute Gasteiger partial charge is 0.306 e.